The summed E-state index contributed by atoms with van der Waals surface area (Å²) in [6, 6.07) is 8.08. The number of rotatable bonds is 7. The lowest BCUT2D eigenvalue weighted by molar-refractivity contribution is -0.384. The molecular formula is C22H26ClFN4O4. The molecule has 1 fully saturated rings. The quantitative estimate of drug-likeness (QED) is 0.497. The van der Waals surface area contributed by atoms with Crippen molar-refractivity contribution in [1.29, 1.82) is 0 Å². The third kappa shape index (κ3) is 5.35. The summed E-state index contributed by atoms with van der Waals surface area (Å²) in [5.41, 5.74) is 0.818. The number of nitro groups is 1. The summed E-state index contributed by atoms with van der Waals surface area (Å²) < 4.78 is 20.4. The maximum atomic E-state index is 14.8. The number of halogens is 2. The second kappa shape index (κ2) is 10.2. The molecule has 3 rings (SSSR count). The van der Waals surface area contributed by atoms with Crippen LogP contribution in [0.1, 0.15) is 28.9 Å². The molecule has 32 heavy (non-hydrogen) atoms. The molecule has 2 atom stereocenters. The van der Waals surface area contributed by atoms with Crippen LogP contribution in [0.3, 0.4) is 0 Å². The Balaban J connectivity index is 1.90. The predicted octanol–water partition coefficient (Wildman–Crippen LogP) is 3.65. The van der Waals surface area contributed by atoms with E-state index >= 15 is 0 Å². The first-order valence-corrected chi connectivity index (χ1v) is 10.6. The molecule has 1 heterocycles. The Morgan fingerprint density at radius 2 is 2.16 bits per heavy atom. The number of hydrogen-bond donors (Lipinski definition) is 1. The monoisotopic (exact) mass is 464 g/mol. The number of carbonyl (C=O) groups is 1. The molecule has 1 aliphatic heterocycles. The summed E-state index contributed by atoms with van der Waals surface area (Å²) in [7, 11) is 3.49. The van der Waals surface area contributed by atoms with Crippen LogP contribution in [0.15, 0.2) is 36.4 Å². The van der Waals surface area contributed by atoms with Crippen molar-refractivity contribution in [3.8, 4) is 0 Å². The maximum Gasteiger partial charge on any atom is 0.270 e. The average Bonchev–Trinajstić information content (AvgIpc) is 2.74. The molecule has 0 radical (unpaired) electrons. The molecule has 0 spiro atoms. The zero-order chi connectivity index (χ0) is 23.4. The van der Waals surface area contributed by atoms with Crippen LogP contribution in [0.2, 0.25) is 5.02 Å². The summed E-state index contributed by atoms with van der Waals surface area (Å²) in [5.74, 6) is -0.948. The molecule has 1 amide bonds. The van der Waals surface area contributed by atoms with Crippen LogP contribution in [-0.2, 0) is 4.74 Å². The van der Waals surface area contributed by atoms with E-state index in [9.17, 15) is 19.3 Å². The lowest BCUT2D eigenvalue weighted by atomic mass is 10.0. The van der Waals surface area contributed by atoms with Gasteiger partial charge < -0.3 is 15.0 Å². The van der Waals surface area contributed by atoms with Gasteiger partial charge in [-0.1, -0.05) is 17.7 Å². The Bertz CT molecular complexity index is 984. The number of benzene rings is 2. The first kappa shape index (κ1) is 23.9. The standard InChI is InChI=1S/C22H26ClFN4O4/c1-14-13-27(9-10-32-14)20(21-17(23)5-4-6-18(21)24)12-25-22(29)16-11-15(28(30)31)7-8-19(16)26(2)3/h4-8,11,14,20H,9-10,12-13H2,1-3H3,(H,25,29). The van der Waals surface area contributed by atoms with Gasteiger partial charge in [-0.3, -0.25) is 19.8 Å². The first-order chi connectivity index (χ1) is 15.2. The second-order valence-corrected chi connectivity index (χ2v) is 8.30. The maximum absolute atomic E-state index is 14.8. The lowest BCUT2D eigenvalue weighted by Crippen LogP contribution is -2.47. The highest BCUT2D eigenvalue weighted by Gasteiger charge is 2.30. The molecule has 0 saturated carbocycles. The van der Waals surface area contributed by atoms with E-state index in [1.54, 1.807) is 25.1 Å². The number of non-ortho nitro benzene ring substituents is 1. The number of carbonyl (C=O) groups excluding carboxylic acids is 1. The number of anilines is 1. The molecule has 8 nitrogen and oxygen atoms in total. The molecule has 1 N–H and O–H groups in total. The normalized spacial score (nSPS) is 17.6. The highest BCUT2D eigenvalue weighted by molar-refractivity contribution is 6.31. The van der Waals surface area contributed by atoms with Crippen molar-refractivity contribution in [3.05, 3.63) is 68.5 Å². The topological polar surface area (TPSA) is 88.0 Å². The van der Waals surface area contributed by atoms with Gasteiger partial charge in [0.2, 0.25) is 0 Å². The van der Waals surface area contributed by atoms with Gasteiger partial charge in [-0.25, -0.2) is 4.39 Å². The lowest BCUT2D eigenvalue weighted by Gasteiger charge is -2.38. The minimum atomic E-state index is -0.548. The van der Waals surface area contributed by atoms with Crippen LogP contribution >= 0.6 is 11.6 Å². The van der Waals surface area contributed by atoms with Gasteiger partial charge in [-0.15, -0.1) is 0 Å². The minimum Gasteiger partial charge on any atom is -0.377 e. The molecule has 2 aromatic carbocycles. The second-order valence-electron chi connectivity index (χ2n) is 7.89. The molecule has 0 aliphatic carbocycles. The summed E-state index contributed by atoms with van der Waals surface area (Å²) in [6.45, 7) is 3.58. The van der Waals surface area contributed by atoms with E-state index in [1.807, 2.05) is 11.8 Å². The highest BCUT2D eigenvalue weighted by Crippen LogP contribution is 2.31. The summed E-state index contributed by atoms with van der Waals surface area (Å²) in [4.78, 5) is 27.5. The Hall–Kier alpha value is -2.75. The van der Waals surface area contributed by atoms with Crippen LogP contribution in [0.4, 0.5) is 15.8 Å². The Morgan fingerprint density at radius 1 is 1.41 bits per heavy atom. The molecule has 172 valence electrons. The van der Waals surface area contributed by atoms with Crippen LogP contribution in [0.5, 0.6) is 0 Å². The number of morpholine rings is 1. The number of nitrogens with one attached hydrogen (secondary N) is 1. The van der Waals surface area contributed by atoms with Gasteiger partial charge in [0.1, 0.15) is 5.82 Å². The SMILES string of the molecule is CC1CN(C(CNC(=O)c2cc([N+](=O)[O-])ccc2N(C)C)c2c(F)cccc2Cl)CCO1. The zero-order valence-corrected chi connectivity index (χ0v) is 18.9. The molecule has 10 heteroatoms. The van der Waals surface area contributed by atoms with Crippen molar-refractivity contribution >= 4 is 28.9 Å². The number of amides is 1. The van der Waals surface area contributed by atoms with Crippen molar-refractivity contribution in [3.63, 3.8) is 0 Å². The van der Waals surface area contributed by atoms with Crippen molar-refractivity contribution in [1.82, 2.24) is 10.2 Å². The smallest absolute Gasteiger partial charge is 0.270 e. The van der Waals surface area contributed by atoms with Crippen LogP contribution in [-0.4, -0.2) is 62.2 Å². The molecule has 0 aromatic heterocycles. The van der Waals surface area contributed by atoms with Crippen molar-refractivity contribution in [2.45, 2.75) is 19.1 Å². The van der Waals surface area contributed by atoms with Crippen molar-refractivity contribution in [2.24, 2.45) is 0 Å². The van der Waals surface area contributed by atoms with E-state index in [2.05, 4.69) is 5.32 Å². The van der Waals surface area contributed by atoms with Crippen LogP contribution < -0.4 is 10.2 Å². The Kier molecular flexibility index (Phi) is 7.65. The molecular weight excluding hydrogens is 439 g/mol. The highest BCUT2D eigenvalue weighted by atomic mass is 35.5. The van der Waals surface area contributed by atoms with E-state index in [0.717, 1.165) is 0 Å². The van der Waals surface area contributed by atoms with Gasteiger partial charge in [-0.05, 0) is 25.1 Å². The van der Waals surface area contributed by atoms with E-state index in [0.29, 0.717) is 30.9 Å². The number of nitro benzene ring substituents is 1. The molecule has 2 unspecified atom stereocenters. The van der Waals surface area contributed by atoms with Gasteiger partial charge in [0.05, 0.1) is 29.2 Å². The zero-order valence-electron chi connectivity index (χ0n) is 18.2. The third-order valence-electron chi connectivity index (χ3n) is 5.42. The number of hydrogen-bond acceptors (Lipinski definition) is 6. The van der Waals surface area contributed by atoms with Crippen molar-refractivity contribution in [2.75, 3.05) is 45.2 Å². The summed E-state index contributed by atoms with van der Waals surface area (Å²) in [6.07, 6.45) is -0.0513. The van der Waals surface area contributed by atoms with Crippen molar-refractivity contribution < 1.29 is 18.8 Å². The predicted molar refractivity (Wildman–Crippen MR) is 121 cm³/mol. The minimum absolute atomic E-state index is 0.0513. The molecule has 0 bridgehead atoms. The van der Waals surface area contributed by atoms with Gasteiger partial charge in [0, 0.05) is 62.1 Å². The average molecular weight is 465 g/mol. The molecule has 2 aromatic rings. The van der Waals surface area contributed by atoms with E-state index < -0.39 is 22.7 Å². The van der Waals surface area contributed by atoms with Gasteiger partial charge in [-0.2, -0.15) is 0 Å². The fourth-order valence-electron chi connectivity index (χ4n) is 3.87. The molecule has 1 aliphatic rings. The Labute approximate surface area is 191 Å². The number of nitrogens with zero attached hydrogens (tertiary/aromatic N) is 3. The summed E-state index contributed by atoms with van der Waals surface area (Å²) >= 11 is 6.34. The van der Waals surface area contributed by atoms with Gasteiger partial charge >= 0.3 is 0 Å². The van der Waals surface area contributed by atoms with Crippen LogP contribution in [0, 0.1) is 15.9 Å². The fourth-order valence-corrected chi connectivity index (χ4v) is 4.15. The summed E-state index contributed by atoms with van der Waals surface area (Å²) in [5, 5.41) is 14.3. The van der Waals surface area contributed by atoms with Gasteiger partial charge in [0.15, 0.2) is 0 Å². The van der Waals surface area contributed by atoms with E-state index in [4.69, 9.17) is 16.3 Å². The van der Waals surface area contributed by atoms with E-state index in [1.165, 1.54) is 30.3 Å². The fraction of sp³-hybridized carbons (Fsp3) is 0.409. The largest absolute Gasteiger partial charge is 0.377 e. The number of ether oxygens (including phenoxy) is 1. The Morgan fingerprint density at radius 3 is 2.78 bits per heavy atom. The van der Waals surface area contributed by atoms with Crippen LogP contribution in [0.25, 0.3) is 0 Å². The van der Waals surface area contributed by atoms with E-state index in [-0.39, 0.29) is 28.9 Å². The molecule has 1 saturated heterocycles. The third-order valence-corrected chi connectivity index (χ3v) is 5.75. The van der Waals surface area contributed by atoms with Gasteiger partial charge in [0.25, 0.3) is 11.6 Å². The first-order valence-electron chi connectivity index (χ1n) is 10.2.